The number of benzene rings is 1. The molecule has 0 saturated carbocycles. The van der Waals surface area contributed by atoms with Crippen molar-refractivity contribution in [2.45, 2.75) is 37.3 Å². The van der Waals surface area contributed by atoms with Crippen LogP contribution in [0.1, 0.15) is 36.8 Å². The lowest BCUT2D eigenvalue weighted by Crippen LogP contribution is -2.56. The number of anilines is 1. The number of nitrogens with zero attached hydrogens (tertiary/aromatic N) is 4. The molecule has 2 fully saturated rings. The lowest BCUT2D eigenvalue weighted by atomic mass is 9.85. The molecule has 2 aliphatic rings. The molecule has 0 spiro atoms. The zero-order valence-electron chi connectivity index (χ0n) is 20.0. The molecule has 0 unspecified atom stereocenters. The fourth-order valence-corrected chi connectivity index (χ4v) is 5.45. The Bertz CT molecular complexity index is 1280. The van der Waals surface area contributed by atoms with Crippen molar-refractivity contribution in [1.29, 1.82) is 0 Å². The summed E-state index contributed by atoms with van der Waals surface area (Å²) < 4.78 is 7.15. The quantitative estimate of drug-likeness (QED) is 0.525. The molecule has 4 heterocycles. The lowest BCUT2D eigenvalue weighted by Gasteiger charge is -2.43. The van der Waals surface area contributed by atoms with Crippen LogP contribution in [0.2, 0.25) is 5.02 Å². The minimum atomic E-state index is -0.460. The molecule has 35 heavy (non-hydrogen) atoms. The van der Waals surface area contributed by atoms with Crippen molar-refractivity contribution < 1.29 is 14.6 Å². The van der Waals surface area contributed by atoms with E-state index in [9.17, 15) is 9.90 Å². The van der Waals surface area contributed by atoms with Crippen molar-refractivity contribution >= 4 is 39.7 Å². The maximum Gasteiger partial charge on any atom is 0.256 e. The van der Waals surface area contributed by atoms with Crippen LogP contribution in [0.25, 0.3) is 16.3 Å². The van der Waals surface area contributed by atoms with Gasteiger partial charge in [-0.3, -0.25) is 14.4 Å². The summed E-state index contributed by atoms with van der Waals surface area (Å²) in [5.41, 5.74) is 1.78. The number of rotatable bonds is 5. The second-order valence-electron chi connectivity index (χ2n) is 9.78. The Labute approximate surface area is 209 Å². The monoisotopic (exact) mass is 495 g/mol. The number of likely N-dealkylation sites (tertiary alicyclic amines) is 1. The first-order valence-corrected chi connectivity index (χ1v) is 12.2. The maximum atomic E-state index is 12.7. The summed E-state index contributed by atoms with van der Waals surface area (Å²) in [5, 5.41) is 19.9. The van der Waals surface area contributed by atoms with Gasteiger partial charge in [-0.05, 0) is 67.9 Å². The van der Waals surface area contributed by atoms with Crippen LogP contribution in [0.3, 0.4) is 0 Å². The molecule has 0 radical (unpaired) electrons. The Hall–Kier alpha value is -2.78. The predicted molar refractivity (Wildman–Crippen MR) is 136 cm³/mol. The van der Waals surface area contributed by atoms with Gasteiger partial charge in [0.1, 0.15) is 5.82 Å². The molecule has 2 N–H and O–H groups in total. The van der Waals surface area contributed by atoms with Gasteiger partial charge in [-0.1, -0.05) is 18.2 Å². The Morgan fingerprint density at radius 3 is 2.69 bits per heavy atom. The minimum absolute atomic E-state index is 0.321. The number of hydrogen-bond acceptors (Lipinski definition) is 6. The van der Waals surface area contributed by atoms with E-state index in [1.54, 1.807) is 30.3 Å². The zero-order chi connectivity index (χ0) is 24.7. The summed E-state index contributed by atoms with van der Waals surface area (Å²) in [7, 11) is 1.79. The van der Waals surface area contributed by atoms with Crippen LogP contribution in [-0.2, 0) is 16.6 Å². The van der Waals surface area contributed by atoms with E-state index in [1.165, 1.54) is 0 Å². The number of aryl methyl sites for hydroxylation is 1. The fourth-order valence-electron chi connectivity index (χ4n) is 5.12. The van der Waals surface area contributed by atoms with E-state index in [-0.39, 0.29) is 11.4 Å². The smallest absolute Gasteiger partial charge is 0.256 e. The Kier molecular flexibility index (Phi) is 6.40. The summed E-state index contributed by atoms with van der Waals surface area (Å²) in [5.74, 6) is 0.458. The molecule has 1 aromatic carbocycles. The lowest BCUT2D eigenvalue weighted by molar-refractivity contribution is -0.111. The number of aromatic nitrogens is 3. The van der Waals surface area contributed by atoms with E-state index < -0.39 is 6.10 Å². The van der Waals surface area contributed by atoms with Gasteiger partial charge in [0, 0.05) is 41.0 Å². The second-order valence-corrected chi connectivity index (χ2v) is 10.2. The van der Waals surface area contributed by atoms with Gasteiger partial charge in [0.05, 0.1) is 31.1 Å². The summed E-state index contributed by atoms with van der Waals surface area (Å²) in [6, 6.07) is 5.92. The third kappa shape index (κ3) is 4.59. The van der Waals surface area contributed by atoms with Crippen molar-refractivity contribution in [2.75, 3.05) is 31.6 Å². The number of aliphatic hydroxyl groups excluding tert-OH is 1. The summed E-state index contributed by atoms with van der Waals surface area (Å²) in [4.78, 5) is 19.4. The summed E-state index contributed by atoms with van der Waals surface area (Å²) in [6.07, 6.45) is 6.52. The number of hydrogen-bond donors (Lipinski definition) is 2. The molecule has 8 nitrogen and oxygen atoms in total. The van der Waals surface area contributed by atoms with Gasteiger partial charge < -0.3 is 15.2 Å². The molecule has 2 atom stereocenters. The number of fused-ring (bicyclic) bond motifs is 1. The average molecular weight is 496 g/mol. The van der Waals surface area contributed by atoms with Crippen molar-refractivity contribution in [3.63, 3.8) is 0 Å². The number of carbonyl (C=O) groups is 1. The molecule has 2 saturated heterocycles. The van der Waals surface area contributed by atoms with Crippen molar-refractivity contribution in [2.24, 2.45) is 7.05 Å². The fraction of sp³-hybridized carbons (Fsp3) is 0.423. The molecular weight excluding hydrogens is 466 g/mol. The number of aliphatic hydroxyl groups is 1. The minimum Gasteiger partial charge on any atom is -0.389 e. The van der Waals surface area contributed by atoms with Gasteiger partial charge in [0.2, 0.25) is 0 Å². The molecule has 2 aliphatic heterocycles. The van der Waals surface area contributed by atoms with Crippen molar-refractivity contribution in [3.05, 3.63) is 59.5 Å². The van der Waals surface area contributed by atoms with Crippen LogP contribution in [0.4, 0.5) is 5.82 Å². The summed E-state index contributed by atoms with van der Waals surface area (Å²) >= 11 is 6.70. The number of ether oxygens (including phenoxy) is 1. The molecule has 1 amide bonds. The Morgan fingerprint density at radius 2 is 2.03 bits per heavy atom. The Balaban J connectivity index is 1.31. The molecule has 9 heteroatoms. The highest BCUT2D eigenvalue weighted by molar-refractivity contribution is 6.32. The SMILES string of the molecule is C=C(C(=O)Nc1cc2cc(C3CCN([C@@]4(C)COC[C@H]4O)CC3)c(Cl)cc2cn1)c1cnn(C)c1. The number of nitrogens with one attached hydrogen (secondary N) is 1. The third-order valence-electron chi connectivity index (χ3n) is 7.45. The number of halogens is 1. The van der Waals surface area contributed by atoms with E-state index in [4.69, 9.17) is 16.3 Å². The van der Waals surface area contributed by atoms with Crippen LogP contribution >= 0.6 is 11.6 Å². The van der Waals surface area contributed by atoms with Gasteiger partial charge >= 0.3 is 0 Å². The van der Waals surface area contributed by atoms with Crippen molar-refractivity contribution in [3.8, 4) is 0 Å². The second kappa shape index (κ2) is 9.35. The van der Waals surface area contributed by atoms with Crippen molar-refractivity contribution in [1.82, 2.24) is 19.7 Å². The summed E-state index contributed by atoms with van der Waals surface area (Å²) in [6.45, 7) is 8.69. The van der Waals surface area contributed by atoms with E-state index in [2.05, 4.69) is 39.9 Å². The molecule has 0 bridgehead atoms. The van der Waals surface area contributed by atoms with E-state index in [0.29, 0.717) is 36.1 Å². The van der Waals surface area contributed by atoms with Crippen LogP contribution in [0, 0.1) is 0 Å². The first kappa shape index (κ1) is 23.9. The molecule has 0 aliphatic carbocycles. The van der Waals surface area contributed by atoms with Crippen LogP contribution in [-0.4, -0.2) is 68.6 Å². The number of pyridine rings is 1. The Morgan fingerprint density at radius 1 is 1.26 bits per heavy atom. The van der Waals surface area contributed by atoms with E-state index >= 15 is 0 Å². The third-order valence-corrected chi connectivity index (χ3v) is 7.78. The van der Waals surface area contributed by atoms with Gasteiger partial charge in [0.25, 0.3) is 5.91 Å². The van der Waals surface area contributed by atoms with Gasteiger partial charge in [-0.2, -0.15) is 5.10 Å². The standard InChI is InChI=1S/C26H30ClN5O3/c1-16(20-12-29-31(3)13-20)25(34)30-24-10-18-8-21(22(27)9-19(18)11-28-24)17-4-6-32(7-5-17)26(2)15-35-14-23(26)33/h8-13,17,23,33H,1,4-7,14-15H2,2-3H3,(H,28,30,34)/t23-,26+/m1/s1. The highest BCUT2D eigenvalue weighted by Crippen LogP contribution is 2.38. The van der Waals surface area contributed by atoms with Gasteiger partial charge in [-0.15, -0.1) is 0 Å². The first-order chi connectivity index (χ1) is 16.7. The van der Waals surface area contributed by atoms with Crippen LogP contribution in [0.5, 0.6) is 0 Å². The molecular formula is C26H30ClN5O3. The van der Waals surface area contributed by atoms with Crippen LogP contribution < -0.4 is 5.32 Å². The average Bonchev–Trinajstić information content (AvgIpc) is 3.44. The first-order valence-electron chi connectivity index (χ1n) is 11.8. The molecule has 184 valence electrons. The highest BCUT2D eigenvalue weighted by Gasteiger charge is 2.45. The van der Waals surface area contributed by atoms with E-state index in [1.807, 2.05) is 12.1 Å². The normalized spacial score (nSPS) is 23.6. The zero-order valence-corrected chi connectivity index (χ0v) is 20.8. The maximum absolute atomic E-state index is 12.7. The van der Waals surface area contributed by atoms with E-state index in [0.717, 1.165) is 47.3 Å². The highest BCUT2D eigenvalue weighted by atomic mass is 35.5. The van der Waals surface area contributed by atoms with Crippen LogP contribution in [0.15, 0.2) is 43.4 Å². The molecule has 2 aromatic heterocycles. The van der Waals surface area contributed by atoms with Gasteiger partial charge in [-0.25, -0.2) is 4.98 Å². The molecule has 5 rings (SSSR count). The topological polar surface area (TPSA) is 92.5 Å². The number of carbonyl (C=O) groups excluding carboxylic acids is 1. The van der Waals surface area contributed by atoms with Gasteiger partial charge in [0.15, 0.2) is 0 Å². The number of amides is 1. The largest absolute Gasteiger partial charge is 0.389 e. The predicted octanol–water partition coefficient (Wildman–Crippen LogP) is 3.60. The molecule has 3 aromatic rings. The number of piperidine rings is 1.